The lowest BCUT2D eigenvalue weighted by molar-refractivity contribution is -0.118. The maximum Gasteiger partial charge on any atom is 0.258 e. The van der Waals surface area contributed by atoms with Crippen LogP contribution in [0.3, 0.4) is 0 Å². The molecule has 5 rings (SSSR count). The molecule has 1 unspecified atom stereocenters. The molecule has 4 nitrogen and oxygen atoms in total. The van der Waals surface area contributed by atoms with Crippen LogP contribution in [0.25, 0.3) is 0 Å². The number of carbonyl (C=O) groups excluding carboxylic acids is 1. The number of rotatable bonds is 5. The highest BCUT2D eigenvalue weighted by Gasteiger charge is 2.39. The molecule has 3 aromatic rings. The van der Waals surface area contributed by atoms with Crippen molar-refractivity contribution in [1.82, 2.24) is 5.32 Å². The largest absolute Gasteiger partial charge is 0.378 e. The summed E-state index contributed by atoms with van der Waals surface area (Å²) in [4.78, 5) is 17.0. The van der Waals surface area contributed by atoms with Crippen molar-refractivity contribution >= 4 is 57.9 Å². The Morgan fingerprint density at radius 1 is 1.03 bits per heavy atom. The monoisotopic (exact) mass is 516 g/mol. The quantitative estimate of drug-likeness (QED) is 0.430. The van der Waals surface area contributed by atoms with Crippen molar-refractivity contribution in [3.05, 3.63) is 91.4 Å². The van der Waals surface area contributed by atoms with Gasteiger partial charge in [0.2, 0.25) is 0 Å². The van der Waals surface area contributed by atoms with Gasteiger partial charge in [-0.25, -0.2) is 0 Å². The van der Waals surface area contributed by atoms with E-state index >= 15 is 0 Å². The molecule has 33 heavy (non-hydrogen) atoms. The summed E-state index contributed by atoms with van der Waals surface area (Å²) in [5.74, 6) is -0.120. The molecule has 0 aliphatic carbocycles. The fraction of sp³-hybridized carbons (Fsp3) is 0.240. The van der Waals surface area contributed by atoms with Crippen LogP contribution in [0.4, 0.5) is 5.69 Å². The summed E-state index contributed by atoms with van der Waals surface area (Å²) < 4.78 is 5.47. The minimum Gasteiger partial charge on any atom is -0.378 e. The van der Waals surface area contributed by atoms with Gasteiger partial charge in [-0.05, 0) is 64.7 Å². The number of carbonyl (C=O) groups is 1. The molecule has 2 aliphatic rings. The fourth-order valence-corrected chi connectivity index (χ4v) is 6.34. The van der Waals surface area contributed by atoms with Gasteiger partial charge in [-0.3, -0.25) is 4.79 Å². The van der Waals surface area contributed by atoms with Gasteiger partial charge in [0.15, 0.2) is 0 Å². The van der Waals surface area contributed by atoms with E-state index in [-0.39, 0.29) is 5.91 Å². The Morgan fingerprint density at radius 3 is 2.52 bits per heavy atom. The standard InChI is InChI=1S/C25H22Cl2N2O2S2/c26-19-3-6-21(27)23(15-19)33-22-7-9-25(28-24(22)30,18-8-14-32-16-18)17-1-4-20(5-2-17)29-10-12-31-13-11-29/h1-8,14-16H,9-13H2,(H,28,30). The number of hydrogen-bond acceptors (Lipinski definition) is 5. The summed E-state index contributed by atoms with van der Waals surface area (Å²) in [6.07, 6.45) is 2.65. The molecule has 0 saturated carbocycles. The number of amides is 1. The lowest BCUT2D eigenvalue weighted by Gasteiger charge is -2.38. The molecule has 3 heterocycles. The van der Waals surface area contributed by atoms with Crippen LogP contribution in [-0.2, 0) is 15.1 Å². The second kappa shape index (κ2) is 9.72. The molecule has 1 N–H and O–H groups in total. The van der Waals surface area contributed by atoms with Crippen molar-refractivity contribution < 1.29 is 9.53 Å². The molecule has 2 aromatic carbocycles. The Hall–Kier alpha value is -1.96. The zero-order valence-electron chi connectivity index (χ0n) is 17.7. The highest BCUT2D eigenvalue weighted by Crippen LogP contribution is 2.42. The van der Waals surface area contributed by atoms with Crippen molar-refractivity contribution in [3.8, 4) is 0 Å². The first-order chi connectivity index (χ1) is 16.0. The molecule has 0 spiro atoms. The smallest absolute Gasteiger partial charge is 0.258 e. The first-order valence-corrected chi connectivity index (χ1v) is 13.2. The molecule has 1 fully saturated rings. The Bertz CT molecular complexity index is 1180. The Labute approximate surface area is 211 Å². The van der Waals surface area contributed by atoms with Crippen LogP contribution in [-0.4, -0.2) is 32.2 Å². The van der Waals surface area contributed by atoms with Gasteiger partial charge in [-0.1, -0.05) is 53.2 Å². The third kappa shape index (κ3) is 4.68. The van der Waals surface area contributed by atoms with Crippen molar-refractivity contribution in [2.24, 2.45) is 0 Å². The molecular weight excluding hydrogens is 495 g/mol. The zero-order chi connectivity index (χ0) is 22.8. The summed E-state index contributed by atoms with van der Waals surface area (Å²) in [5.41, 5.74) is 2.71. The number of nitrogens with one attached hydrogen (secondary N) is 1. The van der Waals surface area contributed by atoms with Crippen LogP contribution in [0.1, 0.15) is 17.5 Å². The Morgan fingerprint density at radius 2 is 1.82 bits per heavy atom. The Balaban J connectivity index is 1.45. The van der Waals surface area contributed by atoms with E-state index in [1.54, 1.807) is 29.5 Å². The SMILES string of the molecule is O=C1NC(c2ccc(N3CCOCC3)cc2)(c2ccsc2)CC=C1Sc1cc(Cl)ccc1Cl. The number of nitrogens with zero attached hydrogens (tertiary/aromatic N) is 1. The molecule has 170 valence electrons. The number of morpholine rings is 1. The van der Waals surface area contributed by atoms with Gasteiger partial charge >= 0.3 is 0 Å². The van der Waals surface area contributed by atoms with Gasteiger partial charge in [-0.2, -0.15) is 11.3 Å². The second-order valence-corrected chi connectivity index (χ2v) is 10.7. The highest BCUT2D eigenvalue weighted by molar-refractivity contribution is 8.04. The first-order valence-electron chi connectivity index (χ1n) is 10.7. The van der Waals surface area contributed by atoms with Crippen LogP contribution in [0.5, 0.6) is 0 Å². The van der Waals surface area contributed by atoms with Crippen molar-refractivity contribution in [1.29, 1.82) is 0 Å². The van der Waals surface area contributed by atoms with E-state index in [4.69, 9.17) is 27.9 Å². The van der Waals surface area contributed by atoms with Crippen LogP contribution in [0.15, 0.2) is 75.2 Å². The summed E-state index contributed by atoms with van der Waals surface area (Å²) in [6, 6.07) is 15.9. The van der Waals surface area contributed by atoms with Crippen LogP contribution < -0.4 is 10.2 Å². The van der Waals surface area contributed by atoms with Crippen LogP contribution >= 0.6 is 46.3 Å². The van der Waals surface area contributed by atoms with Gasteiger partial charge in [0, 0.05) is 28.7 Å². The molecular formula is C25H22Cl2N2O2S2. The van der Waals surface area contributed by atoms with Gasteiger partial charge in [-0.15, -0.1) is 0 Å². The topological polar surface area (TPSA) is 41.6 Å². The predicted octanol–water partition coefficient (Wildman–Crippen LogP) is 6.33. The van der Waals surface area contributed by atoms with E-state index in [0.29, 0.717) is 21.4 Å². The third-order valence-corrected chi connectivity index (χ3v) is 8.50. The summed E-state index contributed by atoms with van der Waals surface area (Å²) >= 11 is 15.4. The van der Waals surface area contributed by atoms with Crippen LogP contribution in [0.2, 0.25) is 10.0 Å². The number of thioether (sulfide) groups is 1. The normalized spacial score (nSPS) is 21.0. The second-order valence-electron chi connectivity index (χ2n) is 7.97. The molecule has 2 aliphatic heterocycles. The number of ether oxygens (including phenoxy) is 1. The van der Waals surface area contributed by atoms with E-state index in [1.807, 2.05) is 11.5 Å². The van der Waals surface area contributed by atoms with Gasteiger partial charge in [0.1, 0.15) is 0 Å². The van der Waals surface area contributed by atoms with Crippen LogP contribution in [0, 0.1) is 0 Å². The van der Waals surface area contributed by atoms with E-state index in [1.165, 1.54) is 17.4 Å². The average Bonchev–Trinajstić information content (AvgIpc) is 3.39. The number of halogens is 2. The lowest BCUT2D eigenvalue weighted by atomic mass is 9.79. The maximum atomic E-state index is 13.3. The number of benzene rings is 2. The Kier molecular flexibility index (Phi) is 6.72. The van der Waals surface area contributed by atoms with Gasteiger partial charge in [0.25, 0.3) is 5.91 Å². The van der Waals surface area contributed by atoms with Crippen molar-refractivity contribution in [2.75, 3.05) is 31.2 Å². The van der Waals surface area contributed by atoms with E-state index in [9.17, 15) is 4.79 Å². The average molecular weight is 518 g/mol. The number of hydrogen-bond donors (Lipinski definition) is 1. The molecule has 1 amide bonds. The third-order valence-electron chi connectivity index (χ3n) is 6.01. The minimum absolute atomic E-state index is 0.120. The highest BCUT2D eigenvalue weighted by atomic mass is 35.5. The molecule has 1 saturated heterocycles. The van der Waals surface area contributed by atoms with Gasteiger partial charge < -0.3 is 15.0 Å². The molecule has 0 bridgehead atoms. The van der Waals surface area contributed by atoms with Crippen molar-refractivity contribution in [2.45, 2.75) is 16.9 Å². The predicted molar refractivity (Wildman–Crippen MR) is 138 cm³/mol. The molecule has 0 radical (unpaired) electrons. The molecule has 1 aromatic heterocycles. The zero-order valence-corrected chi connectivity index (χ0v) is 20.9. The molecule has 8 heteroatoms. The summed E-state index contributed by atoms with van der Waals surface area (Å²) in [6.45, 7) is 3.28. The molecule has 1 atom stereocenters. The first kappa shape index (κ1) is 22.8. The lowest BCUT2D eigenvalue weighted by Crippen LogP contribution is -2.49. The minimum atomic E-state index is -0.608. The fourth-order valence-electron chi connectivity index (χ4n) is 4.24. The van der Waals surface area contributed by atoms with E-state index in [0.717, 1.165) is 42.3 Å². The number of anilines is 1. The van der Waals surface area contributed by atoms with E-state index in [2.05, 4.69) is 45.9 Å². The van der Waals surface area contributed by atoms with Gasteiger partial charge in [0.05, 0.1) is 28.7 Å². The summed E-state index contributed by atoms with van der Waals surface area (Å²) in [5, 5.41) is 8.64. The maximum absolute atomic E-state index is 13.3. The number of thiophene rings is 1. The van der Waals surface area contributed by atoms with E-state index < -0.39 is 5.54 Å². The summed E-state index contributed by atoms with van der Waals surface area (Å²) in [7, 11) is 0. The van der Waals surface area contributed by atoms with Crippen molar-refractivity contribution in [3.63, 3.8) is 0 Å².